The highest BCUT2D eigenvalue weighted by atomic mass is 19.3. The van der Waals surface area contributed by atoms with Crippen LogP contribution in [0.3, 0.4) is 0 Å². The van der Waals surface area contributed by atoms with Gasteiger partial charge in [0.1, 0.15) is 5.82 Å². The van der Waals surface area contributed by atoms with Gasteiger partial charge in [0, 0.05) is 5.92 Å². The Kier molecular flexibility index (Phi) is 2.25. The van der Waals surface area contributed by atoms with Crippen molar-refractivity contribution >= 4 is 0 Å². The van der Waals surface area contributed by atoms with Crippen molar-refractivity contribution in [3.8, 4) is 0 Å². The Morgan fingerprint density at radius 3 is 2.29 bits per heavy atom. The first-order valence-electron chi connectivity index (χ1n) is 4.75. The molecule has 0 heterocycles. The number of halogens is 3. The Morgan fingerprint density at radius 1 is 1.14 bits per heavy atom. The van der Waals surface area contributed by atoms with E-state index in [4.69, 9.17) is 0 Å². The first-order valence-corrected chi connectivity index (χ1v) is 4.75. The van der Waals surface area contributed by atoms with E-state index in [0.717, 1.165) is 12.5 Å². The third-order valence-electron chi connectivity index (χ3n) is 2.85. The molecule has 0 spiro atoms. The van der Waals surface area contributed by atoms with E-state index in [2.05, 4.69) is 0 Å². The van der Waals surface area contributed by atoms with E-state index in [1.165, 1.54) is 18.2 Å². The zero-order valence-electron chi connectivity index (χ0n) is 7.64. The molecule has 0 atom stereocenters. The minimum atomic E-state index is -3.00. The van der Waals surface area contributed by atoms with E-state index in [1.54, 1.807) is 0 Å². The summed E-state index contributed by atoms with van der Waals surface area (Å²) >= 11 is 0. The van der Waals surface area contributed by atoms with Crippen molar-refractivity contribution in [2.45, 2.75) is 25.2 Å². The molecule has 1 saturated carbocycles. The fourth-order valence-electron chi connectivity index (χ4n) is 1.72. The summed E-state index contributed by atoms with van der Waals surface area (Å²) in [6, 6.07) is 5.14. The molecule has 1 aliphatic carbocycles. The Balaban J connectivity index is 2.32. The van der Waals surface area contributed by atoms with Gasteiger partial charge in [-0.25, -0.2) is 13.2 Å². The van der Waals surface area contributed by atoms with Crippen molar-refractivity contribution in [2.24, 2.45) is 5.92 Å². The van der Waals surface area contributed by atoms with Crippen LogP contribution in [0.4, 0.5) is 13.2 Å². The number of hydrogen-bond acceptors (Lipinski definition) is 0. The molecule has 2 rings (SSSR count). The van der Waals surface area contributed by atoms with Crippen LogP contribution >= 0.6 is 0 Å². The van der Waals surface area contributed by atoms with E-state index in [9.17, 15) is 13.2 Å². The Bertz CT molecular complexity index is 329. The fraction of sp³-hybridized carbons (Fsp3) is 0.455. The molecule has 0 aliphatic heterocycles. The lowest BCUT2D eigenvalue weighted by Gasteiger charge is -2.33. The highest BCUT2D eigenvalue weighted by molar-refractivity contribution is 5.23. The average molecular weight is 200 g/mol. The summed E-state index contributed by atoms with van der Waals surface area (Å²) in [5.74, 6) is -4.47. The third kappa shape index (κ3) is 1.41. The van der Waals surface area contributed by atoms with Gasteiger partial charge in [0.2, 0.25) is 0 Å². The third-order valence-corrected chi connectivity index (χ3v) is 2.85. The highest BCUT2D eigenvalue weighted by Gasteiger charge is 2.45. The van der Waals surface area contributed by atoms with Crippen LogP contribution < -0.4 is 0 Å². The summed E-state index contributed by atoms with van der Waals surface area (Å²) in [4.78, 5) is 0. The maximum Gasteiger partial charge on any atom is 0.278 e. The van der Waals surface area contributed by atoms with Crippen LogP contribution in [-0.2, 0) is 5.92 Å². The van der Waals surface area contributed by atoms with Crippen LogP contribution in [0.2, 0.25) is 0 Å². The second-order valence-corrected chi connectivity index (χ2v) is 3.73. The van der Waals surface area contributed by atoms with Gasteiger partial charge < -0.3 is 0 Å². The van der Waals surface area contributed by atoms with E-state index >= 15 is 0 Å². The van der Waals surface area contributed by atoms with E-state index in [1.807, 2.05) is 0 Å². The number of rotatable bonds is 2. The second kappa shape index (κ2) is 3.30. The standard InChI is InChI=1S/C11H11F3/c12-10-7-2-1-6-9(10)11(13,14)8-4-3-5-8/h1-2,6-8H,3-5H2. The van der Waals surface area contributed by atoms with Crippen LogP contribution in [0.5, 0.6) is 0 Å². The molecule has 0 bridgehead atoms. The topological polar surface area (TPSA) is 0 Å². The maximum atomic E-state index is 13.6. The lowest BCUT2D eigenvalue weighted by molar-refractivity contribution is -0.0967. The number of benzene rings is 1. The molecule has 0 nitrogen and oxygen atoms in total. The molecule has 76 valence electrons. The van der Waals surface area contributed by atoms with Gasteiger partial charge in [-0.05, 0) is 18.9 Å². The fourth-order valence-corrected chi connectivity index (χ4v) is 1.72. The van der Waals surface area contributed by atoms with Crippen LogP contribution in [0.15, 0.2) is 24.3 Å². The van der Waals surface area contributed by atoms with E-state index in [0.29, 0.717) is 12.8 Å². The van der Waals surface area contributed by atoms with Crippen molar-refractivity contribution < 1.29 is 13.2 Å². The van der Waals surface area contributed by atoms with Gasteiger partial charge in [-0.2, -0.15) is 0 Å². The first-order chi connectivity index (χ1) is 6.62. The Morgan fingerprint density at radius 2 is 1.79 bits per heavy atom. The minimum Gasteiger partial charge on any atom is -0.206 e. The van der Waals surface area contributed by atoms with Gasteiger partial charge in [0.05, 0.1) is 5.56 Å². The molecule has 1 aromatic carbocycles. The lowest BCUT2D eigenvalue weighted by atomic mass is 9.78. The van der Waals surface area contributed by atoms with Gasteiger partial charge >= 0.3 is 0 Å². The molecule has 0 N–H and O–H groups in total. The van der Waals surface area contributed by atoms with Gasteiger partial charge in [0.25, 0.3) is 5.92 Å². The quantitative estimate of drug-likeness (QED) is 0.682. The van der Waals surface area contributed by atoms with Crippen molar-refractivity contribution in [3.63, 3.8) is 0 Å². The molecule has 0 radical (unpaired) electrons. The van der Waals surface area contributed by atoms with Crippen molar-refractivity contribution in [1.82, 2.24) is 0 Å². The molecule has 1 aliphatic rings. The molecule has 0 unspecified atom stereocenters. The predicted octanol–water partition coefficient (Wildman–Crippen LogP) is 3.72. The minimum absolute atomic E-state index is 0.454. The predicted molar refractivity (Wildman–Crippen MR) is 47.6 cm³/mol. The monoisotopic (exact) mass is 200 g/mol. The largest absolute Gasteiger partial charge is 0.278 e. The molecule has 0 saturated heterocycles. The normalized spacial score (nSPS) is 17.9. The van der Waals surface area contributed by atoms with Crippen molar-refractivity contribution in [1.29, 1.82) is 0 Å². The summed E-state index contributed by atoms with van der Waals surface area (Å²) in [5, 5.41) is 0. The smallest absolute Gasteiger partial charge is 0.206 e. The zero-order valence-corrected chi connectivity index (χ0v) is 7.64. The van der Waals surface area contributed by atoms with Gasteiger partial charge in [-0.1, -0.05) is 24.6 Å². The molecular weight excluding hydrogens is 189 g/mol. The van der Waals surface area contributed by atoms with Crippen LogP contribution in [0.25, 0.3) is 0 Å². The first kappa shape index (κ1) is 9.56. The second-order valence-electron chi connectivity index (χ2n) is 3.73. The lowest BCUT2D eigenvalue weighted by Crippen LogP contribution is -2.31. The summed E-state index contributed by atoms with van der Waals surface area (Å²) in [6.07, 6.45) is 1.83. The molecule has 14 heavy (non-hydrogen) atoms. The summed E-state index contributed by atoms with van der Waals surface area (Å²) < 4.78 is 40.4. The Hall–Kier alpha value is -0.990. The van der Waals surface area contributed by atoms with Crippen molar-refractivity contribution in [3.05, 3.63) is 35.6 Å². The summed E-state index contributed by atoms with van der Waals surface area (Å²) in [5.41, 5.74) is -0.454. The van der Waals surface area contributed by atoms with Gasteiger partial charge in [-0.15, -0.1) is 0 Å². The SMILES string of the molecule is Fc1ccccc1C(F)(F)C1CCC1. The van der Waals surface area contributed by atoms with E-state index < -0.39 is 23.2 Å². The zero-order chi connectivity index (χ0) is 10.2. The van der Waals surface area contributed by atoms with Crippen LogP contribution in [-0.4, -0.2) is 0 Å². The number of alkyl halides is 2. The van der Waals surface area contributed by atoms with Gasteiger partial charge in [0.15, 0.2) is 0 Å². The molecule has 0 aromatic heterocycles. The van der Waals surface area contributed by atoms with Gasteiger partial charge in [-0.3, -0.25) is 0 Å². The number of hydrogen-bond donors (Lipinski definition) is 0. The Labute approximate surface area is 80.7 Å². The molecule has 3 heteroatoms. The molecule has 1 aromatic rings. The maximum absolute atomic E-state index is 13.6. The molecule has 0 amide bonds. The van der Waals surface area contributed by atoms with Crippen LogP contribution in [0.1, 0.15) is 24.8 Å². The summed E-state index contributed by atoms with van der Waals surface area (Å²) in [6.45, 7) is 0. The molecule has 1 fully saturated rings. The highest BCUT2D eigenvalue weighted by Crippen LogP contribution is 2.46. The van der Waals surface area contributed by atoms with E-state index in [-0.39, 0.29) is 0 Å². The van der Waals surface area contributed by atoms with Crippen LogP contribution in [0, 0.1) is 11.7 Å². The molecular formula is C11H11F3. The summed E-state index contributed by atoms with van der Waals surface area (Å²) in [7, 11) is 0. The van der Waals surface area contributed by atoms with Crippen molar-refractivity contribution in [2.75, 3.05) is 0 Å². The average Bonchev–Trinajstić information content (AvgIpc) is 2.00.